The second-order valence-electron chi connectivity index (χ2n) is 6.78. The minimum Gasteiger partial charge on any atom is -0.378 e. The van der Waals surface area contributed by atoms with Crippen LogP contribution in [-0.4, -0.2) is 24.0 Å². The first kappa shape index (κ1) is 18.9. The van der Waals surface area contributed by atoms with E-state index < -0.39 is 21.6 Å². The second-order valence-corrected chi connectivity index (χ2v) is 8.60. The molecule has 0 aliphatic heterocycles. The van der Waals surface area contributed by atoms with Gasteiger partial charge in [-0.1, -0.05) is 48.0 Å². The standard InChI is InChI=1S/C22H18N2O4S/c1-15-7-9-17(10-8-15)29(27,28)24-12-11-18-20(25)13-19(22(26)21(18)24)23-14-16-5-3-2-4-6-16/h2-13,23H,14H2,1H3. The molecule has 0 saturated heterocycles. The van der Waals surface area contributed by atoms with Gasteiger partial charge in [-0.3, -0.25) is 9.59 Å². The molecule has 0 atom stereocenters. The smallest absolute Gasteiger partial charge is 0.268 e. The van der Waals surface area contributed by atoms with Gasteiger partial charge >= 0.3 is 0 Å². The monoisotopic (exact) mass is 406 g/mol. The van der Waals surface area contributed by atoms with Gasteiger partial charge in [0, 0.05) is 18.8 Å². The molecule has 2 aromatic carbocycles. The number of aryl methyl sites for hydroxylation is 1. The molecular formula is C22H18N2O4S. The molecular weight excluding hydrogens is 388 g/mol. The Balaban J connectivity index is 1.69. The molecule has 1 aliphatic rings. The van der Waals surface area contributed by atoms with Crippen molar-refractivity contribution >= 4 is 21.6 Å². The lowest BCUT2D eigenvalue weighted by Crippen LogP contribution is -2.29. The molecule has 0 fully saturated rings. The van der Waals surface area contributed by atoms with Gasteiger partial charge in [0.05, 0.1) is 16.2 Å². The molecule has 1 aromatic heterocycles. The van der Waals surface area contributed by atoms with Crippen molar-refractivity contribution in [3.05, 3.63) is 101 Å². The number of nitrogens with zero attached hydrogens (tertiary/aromatic N) is 1. The van der Waals surface area contributed by atoms with Gasteiger partial charge in [-0.05, 0) is 30.7 Å². The SMILES string of the molecule is Cc1ccc(S(=O)(=O)n2ccc3c2C(=O)C(NCc2ccccc2)=CC3=O)cc1. The van der Waals surface area contributed by atoms with Gasteiger partial charge < -0.3 is 5.32 Å². The van der Waals surface area contributed by atoms with Gasteiger partial charge in [-0.2, -0.15) is 0 Å². The summed E-state index contributed by atoms with van der Waals surface area (Å²) in [5.41, 5.74) is 1.86. The molecule has 6 nitrogen and oxygen atoms in total. The average Bonchev–Trinajstić information content (AvgIpc) is 3.18. The number of fused-ring (bicyclic) bond motifs is 1. The van der Waals surface area contributed by atoms with Crippen molar-refractivity contribution in [2.75, 3.05) is 0 Å². The normalized spacial score (nSPS) is 13.8. The molecule has 1 aliphatic carbocycles. The molecule has 3 aromatic rings. The second kappa shape index (κ2) is 7.18. The van der Waals surface area contributed by atoms with E-state index in [1.54, 1.807) is 12.1 Å². The third kappa shape index (κ3) is 3.40. The van der Waals surface area contributed by atoms with E-state index in [0.29, 0.717) is 6.54 Å². The molecule has 0 saturated carbocycles. The van der Waals surface area contributed by atoms with Crippen molar-refractivity contribution in [1.29, 1.82) is 0 Å². The van der Waals surface area contributed by atoms with Gasteiger partial charge in [0.15, 0.2) is 5.78 Å². The van der Waals surface area contributed by atoms with E-state index in [0.717, 1.165) is 15.1 Å². The zero-order valence-electron chi connectivity index (χ0n) is 15.6. The van der Waals surface area contributed by atoms with E-state index >= 15 is 0 Å². The first-order chi connectivity index (χ1) is 13.9. The van der Waals surface area contributed by atoms with Crippen LogP contribution in [0.1, 0.15) is 32.0 Å². The lowest BCUT2D eigenvalue weighted by atomic mass is 9.99. The quantitative estimate of drug-likeness (QED) is 0.704. The summed E-state index contributed by atoms with van der Waals surface area (Å²) in [4.78, 5) is 25.6. The molecule has 0 unspecified atom stereocenters. The minimum absolute atomic E-state index is 0.0510. The molecule has 29 heavy (non-hydrogen) atoms. The van der Waals surface area contributed by atoms with Crippen LogP contribution in [0.15, 0.2) is 83.5 Å². The fourth-order valence-electron chi connectivity index (χ4n) is 3.19. The summed E-state index contributed by atoms with van der Waals surface area (Å²) in [5, 5.41) is 2.96. The van der Waals surface area contributed by atoms with Crippen molar-refractivity contribution in [3.8, 4) is 0 Å². The fourth-order valence-corrected chi connectivity index (χ4v) is 4.54. The first-order valence-corrected chi connectivity index (χ1v) is 10.4. The highest BCUT2D eigenvalue weighted by molar-refractivity contribution is 7.90. The molecule has 7 heteroatoms. The maximum atomic E-state index is 13.1. The van der Waals surface area contributed by atoms with Crippen LogP contribution in [0, 0.1) is 6.92 Å². The summed E-state index contributed by atoms with van der Waals surface area (Å²) in [7, 11) is -4.01. The first-order valence-electron chi connectivity index (χ1n) is 9.00. The Bertz CT molecular complexity index is 1240. The average molecular weight is 406 g/mol. The number of aromatic nitrogens is 1. The Kier molecular flexibility index (Phi) is 4.68. The van der Waals surface area contributed by atoms with E-state index in [9.17, 15) is 18.0 Å². The summed E-state index contributed by atoms with van der Waals surface area (Å²) in [6.07, 6.45) is 2.47. The number of rotatable bonds is 5. The van der Waals surface area contributed by atoms with E-state index in [2.05, 4.69) is 5.32 Å². The van der Waals surface area contributed by atoms with Gasteiger partial charge in [0.2, 0.25) is 5.78 Å². The van der Waals surface area contributed by atoms with Crippen molar-refractivity contribution in [2.45, 2.75) is 18.4 Å². The predicted molar refractivity (Wildman–Crippen MR) is 108 cm³/mol. The van der Waals surface area contributed by atoms with Crippen LogP contribution < -0.4 is 5.32 Å². The van der Waals surface area contributed by atoms with Crippen molar-refractivity contribution in [3.63, 3.8) is 0 Å². The number of hydrogen-bond donors (Lipinski definition) is 1. The third-order valence-corrected chi connectivity index (χ3v) is 6.45. The van der Waals surface area contributed by atoms with Crippen LogP contribution in [0.3, 0.4) is 0 Å². The van der Waals surface area contributed by atoms with Crippen molar-refractivity contribution in [2.24, 2.45) is 0 Å². The summed E-state index contributed by atoms with van der Waals surface area (Å²) in [6, 6.07) is 17.1. The third-order valence-electron chi connectivity index (χ3n) is 4.76. The molecule has 0 amide bonds. The Morgan fingerprint density at radius 2 is 1.62 bits per heavy atom. The Morgan fingerprint density at radius 3 is 2.31 bits per heavy atom. The van der Waals surface area contributed by atoms with Crippen LogP contribution >= 0.6 is 0 Å². The number of carbonyl (C=O) groups is 2. The summed E-state index contributed by atoms with van der Waals surface area (Å²) in [5.74, 6) is -0.941. The van der Waals surface area contributed by atoms with Crippen LogP contribution in [0.2, 0.25) is 0 Å². The fraction of sp³-hybridized carbons (Fsp3) is 0.0909. The van der Waals surface area contributed by atoms with Crippen molar-refractivity contribution in [1.82, 2.24) is 9.29 Å². The van der Waals surface area contributed by atoms with Crippen molar-refractivity contribution < 1.29 is 18.0 Å². The summed E-state index contributed by atoms with van der Waals surface area (Å²) >= 11 is 0. The highest BCUT2D eigenvalue weighted by Gasteiger charge is 2.33. The Labute approximate surface area is 168 Å². The highest BCUT2D eigenvalue weighted by atomic mass is 32.2. The lowest BCUT2D eigenvalue weighted by molar-refractivity contribution is 0.0974. The van der Waals surface area contributed by atoms with Crippen LogP contribution in [-0.2, 0) is 16.6 Å². The number of benzene rings is 2. The van der Waals surface area contributed by atoms with Gasteiger partial charge in [0.1, 0.15) is 5.69 Å². The number of ketones is 2. The number of allylic oxidation sites excluding steroid dienone is 2. The maximum Gasteiger partial charge on any atom is 0.268 e. The van der Waals surface area contributed by atoms with Gasteiger partial charge in [0.25, 0.3) is 10.0 Å². The summed E-state index contributed by atoms with van der Waals surface area (Å²) in [6.45, 7) is 2.19. The Hall–Kier alpha value is -3.45. The van der Waals surface area contributed by atoms with Crippen LogP contribution in [0.5, 0.6) is 0 Å². The number of Topliss-reactive ketones (excluding diaryl/α,β-unsaturated/α-hetero) is 1. The molecule has 1 heterocycles. The molecule has 0 spiro atoms. The Morgan fingerprint density at radius 1 is 0.931 bits per heavy atom. The minimum atomic E-state index is -4.01. The number of carbonyl (C=O) groups excluding carboxylic acids is 2. The van der Waals surface area contributed by atoms with E-state index in [4.69, 9.17) is 0 Å². The number of hydrogen-bond acceptors (Lipinski definition) is 5. The topological polar surface area (TPSA) is 85.2 Å². The number of nitrogens with one attached hydrogen (secondary N) is 1. The zero-order valence-corrected chi connectivity index (χ0v) is 16.4. The zero-order chi connectivity index (χ0) is 20.6. The molecule has 0 radical (unpaired) electrons. The molecule has 4 rings (SSSR count). The summed E-state index contributed by atoms with van der Waals surface area (Å²) < 4.78 is 27.0. The molecule has 1 N–H and O–H groups in total. The van der Waals surface area contributed by atoms with E-state index in [1.165, 1.54) is 30.5 Å². The predicted octanol–water partition coefficient (Wildman–Crippen LogP) is 3.09. The van der Waals surface area contributed by atoms with Crippen LogP contribution in [0.4, 0.5) is 0 Å². The van der Waals surface area contributed by atoms with Gasteiger partial charge in [-0.25, -0.2) is 12.4 Å². The van der Waals surface area contributed by atoms with E-state index in [-0.39, 0.29) is 21.8 Å². The maximum absolute atomic E-state index is 13.1. The highest BCUT2D eigenvalue weighted by Crippen LogP contribution is 2.26. The lowest BCUT2D eigenvalue weighted by Gasteiger charge is -2.17. The van der Waals surface area contributed by atoms with Gasteiger partial charge in [-0.15, -0.1) is 0 Å². The van der Waals surface area contributed by atoms with Crippen LogP contribution in [0.25, 0.3) is 0 Å². The van der Waals surface area contributed by atoms with E-state index in [1.807, 2.05) is 37.3 Å². The largest absolute Gasteiger partial charge is 0.378 e. The molecule has 0 bridgehead atoms. The molecule has 146 valence electrons.